The van der Waals surface area contributed by atoms with Gasteiger partial charge in [-0.15, -0.1) is 0 Å². The quantitative estimate of drug-likeness (QED) is 0.713. The predicted octanol–water partition coefficient (Wildman–Crippen LogP) is 3.84. The average Bonchev–Trinajstić information content (AvgIpc) is 2.81. The number of hydrogen-bond donors (Lipinski definition) is 1. The van der Waals surface area contributed by atoms with Crippen LogP contribution in [-0.4, -0.2) is 17.1 Å². The highest BCUT2D eigenvalue weighted by molar-refractivity contribution is 14.1. The molecule has 0 aliphatic rings. The predicted molar refractivity (Wildman–Crippen MR) is 80.8 cm³/mol. The van der Waals surface area contributed by atoms with E-state index in [1.54, 1.807) is 7.11 Å². The van der Waals surface area contributed by atoms with Crippen LogP contribution in [0.5, 0.6) is 5.75 Å². The lowest BCUT2D eigenvalue weighted by molar-refractivity contribution is 0.415. The van der Waals surface area contributed by atoms with Gasteiger partial charge in [0.05, 0.1) is 18.1 Å². The summed E-state index contributed by atoms with van der Waals surface area (Å²) in [5, 5.41) is 0. The third-order valence-electron chi connectivity index (χ3n) is 2.82. The summed E-state index contributed by atoms with van der Waals surface area (Å²) in [5.41, 5.74) is 3.06. The number of fused-ring (bicyclic) bond motifs is 1. The third kappa shape index (κ3) is 1.96. The average molecular weight is 350 g/mol. The zero-order chi connectivity index (χ0) is 12.5. The van der Waals surface area contributed by atoms with Crippen LogP contribution >= 0.6 is 22.6 Å². The van der Waals surface area contributed by atoms with Crippen molar-refractivity contribution in [3.8, 4) is 17.1 Å². The lowest BCUT2D eigenvalue weighted by Crippen LogP contribution is -1.83. The number of nitrogens with zero attached hydrogens (tertiary/aromatic N) is 1. The van der Waals surface area contributed by atoms with Crippen molar-refractivity contribution in [3.63, 3.8) is 0 Å². The van der Waals surface area contributed by atoms with Crippen LogP contribution in [0.15, 0.2) is 42.5 Å². The number of nitrogens with one attached hydrogen (secondary N) is 1. The number of aromatic nitrogens is 2. The van der Waals surface area contributed by atoms with E-state index in [9.17, 15) is 0 Å². The third-order valence-corrected chi connectivity index (χ3v) is 3.76. The summed E-state index contributed by atoms with van der Waals surface area (Å²) in [6.45, 7) is 0. The minimum Gasteiger partial charge on any atom is -0.497 e. The molecule has 0 aliphatic carbocycles. The zero-order valence-electron chi connectivity index (χ0n) is 9.77. The highest BCUT2D eigenvalue weighted by Crippen LogP contribution is 2.26. The minimum absolute atomic E-state index is 0.834. The standard InChI is InChI=1S/C14H11IN2O/c1-18-9-6-7-12-13(8-9)17-14(16-12)10-4-2-3-5-11(10)15/h2-8H,1H3,(H,16,17). The van der Waals surface area contributed by atoms with E-state index in [2.05, 4.69) is 44.7 Å². The molecule has 1 N–H and O–H groups in total. The van der Waals surface area contributed by atoms with Gasteiger partial charge in [0.1, 0.15) is 11.6 Å². The fourth-order valence-corrected chi connectivity index (χ4v) is 2.54. The van der Waals surface area contributed by atoms with Gasteiger partial charge in [-0.05, 0) is 40.8 Å². The lowest BCUT2D eigenvalue weighted by Gasteiger charge is -1.98. The molecule has 0 radical (unpaired) electrons. The molecule has 2 aromatic carbocycles. The lowest BCUT2D eigenvalue weighted by atomic mass is 10.2. The Morgan fingerprint density at radius 2 is 2.00 bits per heavy atom. The maximum Gasteiger partial charge on any atom is 0.139 e. The highest BCUT2D eigenvalue weighted by atomic mass is 127. The Balaban J connectivity index is 2.17. The van der Waals surface area contributed by atoms with Crippen LogP contribution in [-0.2, 0) is 0 Å². The number of hydrogen-bond acceptors (Lipinski definition) is 2. The minimum atomic E-state index is 0.834. The van der Waals surface area contributed by atoms with E-state index in [4.69, 9.17) is 4.74 Å². The van der Waals surface area contributed by atoms with Crippen molar-refractivity contribution >= 4 is 33.6 Å². The number of H-pyrrole nitrogens is 1. The fourth-order valence-electron chi connectivity index (χ4n) is 1.90. The van der Waals surface area contributed by atoms with Crippen molar-refractivity contribution in [2.24, 2.45) is 0 Å². The summed E-state index contributed by atoms with van der Waals surface area (Å²) in [4.78, 5) is 7.93. The monoisotopic (exact) mass is 350 g/mol. The number of benzene rings is 2. The molecule has 3 aromatic rings. The molecule has 0 atom stereocenters. The van der Waals surface area contributed by atoms with Crippen LogP contribution in [0.2, 0.25) is 0 Å². The van der Waals surface area contributed by atoms with Gasteiger partial charge in [-0.25, -0.2) is 4.98 Å². The Kier molecular flexibility index (Phi) is 2.95. The fraction of sp³-hybridized carbons (Fsp3) is 0.0714. The van der Waals surface area contributed by atoms with E-state index in [1.165, 1.54) is 3.57 Å². The molecule has 0 fully saturated rings. The summed E-state index contributed by atoms with van der Waals surface area (Å²) >= 11 is 2.32. The molecule has 4 heteroatoms. The van der Waals surface area contributed by atoms with Gasteiger partial charge >= 0.3 is 0 Å². The van der Waals surface area contributed by atoms with Gasteiger partial charge < -0.3 is 9.72 Å². The normalized spacial score (nSPS) is 10.8. The summed E-state index contributed by atoms with van der Waals surface area (Å²) < 4.78 is 6.39. The zero-order valence-corrected chi connectivity index (χ0v) is 11.9. The van der Waals surface area contributed by atoms with Crippen molar-refractivity contribution in [3.05, 3.63) is 46.0 Å². The molecule has 1 aromatic heterocycles. The first-order chi connectivity index (χ1) is 8.78. The van der Waals surface area contributed by atoms with Crippen LogP contribution in [0.25, 0.3) is 22.4 Å². The van der Waals surface area contributed by atoms with E-state index < -0.39 is 0 Å². The summed E-state index contributed by atoms with van der Waals surface area (Å²) in [6.07, 6.45) is 0. The number of aromatic amines is 1. The molecule has 0 aliphatic heterocycles. The van der Waals surface area contributed by atoms with E-state index in [0.717, 1.165) is 28.2 Å². The topological polar surface area (TPSA) is 37.9 Å². The van der Waals surface area contributed by atoms with Crippen LogP contribution < -0.4 is 4.74 Å². The van der Waals surface area contributed by atoms with E-state index in [1.807, 2.05) is 30.3 Å². The number of methoxy groups -OCH3 is 1. The largest absolute Gasteiger partial charge is 0.497 e. The number of imidazole rings is 1. The smallest absolute Gasteiger partial charge is 0.139 e. The van der Waals surface area contributed by atoms with Crippen LogP contribution in [0.4, 0.5) is 0 Å². The molecule has 0 saturated carbocycles. The molecule has 0 bridgehead atoms. The molecule has 0 unspecified atom stereocenters. The van der Waals surface area contributed by atoms with Gasteiger partial charge in [0.2, 0.25) is 0 Å². The first-order valence-electron chi connectivity index (χ1n) is 5.56. The molecule has 3 rings (SSSR count). The van der Waals surface area contributed by atoms with Crippen molar-refractivity contribution < 1.29 is 4.74 Å². The molecule has 90 valence electrons. The Labute approximate surface area is 118 Å². The first kappa shape index (κ1) is 11.5. The van der Waals surface area contributed by atoms with Gasteiger partial charge in [0.15, 0.2) is 0 Å². The molecule has 0 amide bonds. The van der Waals surface area contributed by atoms with Crippen LogP contribution in [0.3, 0.4) is 0 Å². The number of ether oxygens (including phenoxy) is 1. The summed E-state index contributed by atoms with van der Waals surface area (Å²) in [7, 11) is 1.67. The molecule has 18 heavy (non-hydrogen) atoms. The Morgan fingerprint density at radius 3 is 2.78 bits per heavy atom. The van der Waals surface area contributed by atoms with E-state index >= 15 is 0 Å². The van der Waals surface area contributed by atoms with Gasteiger partial charge in [-0.3, -0.25) is 0 Å². The van der Waals surface area contributed by atoms with Crippen LogP contribution in [0.1, 0.15) is 0 Å². The second kappa shape index (κ2) is 4.61. The van der Waals surface area contributed by atoms with Gasteiger partial charge in [-0.1, -0.05) is 18.2 Å². The van der Waals surface area contributed by atoms with E-state index in [0.29, 0.717) is 0 Å². The summed E-state index contributed by atoms with van der Waals surface area (Å²) in [6, 6.07) is 14.0. The molecule has 0 spiro atoms. The van der Waals surface area contributed by atoms with Crippen molar-refractivity contribution in [1.29, 1.82) is 0 Å². The van der Waals surface area contributed by atoms with Gasteiger partial charge in [0, 0.05) is 15.2 Å². The van der Waals surface area contributed by atoms with E-state index in [-0.39, 0.29) is 0 Å². The second-order valence-electron chi connectivity index (χ2n) is 3.95. The van der Waals surface area contributed by atoms with Gasteiger partial charge in [0.25, 0.3) is 0 Å². The second-order valence-corrected chi connectivity index (χ2v) is 5.11. The first-order valence-corrected chi connectivity index (χ1v) is 6.64. The van der Waals surface area contributed by atoms with Crippen LogP contribution in [0, 0.1) is 3.57 Å². The number of halogens is 1. The molecular formula is C14H11IN2O. The van der Waals surface area contributed by atoms with Crippen molar-refractivity contribution in [2.75, 3.05) is 7.11 Å². The Morgan fingerprint density at radius 1 is 1.17 bits per heavy atom. The Hall–Kier alpha value is -1.56. The maximum atomic E-state index is 5.21. The van der Waals surface area contributed by atoms with Gasteiger partial charge in [-0.2, -0.15) is 0 Å². The summed E-state index contributed by atoms with van der Waals surface area (Å²) in [5.74, 6) is 1.73. The Bertz CT molecular complexity index is 706. The maximum absolute atomic E-state index is 5.21. The van der Waals surface area contributed by atoms with Crippen molar-refractivity contribution in [1.82, 2.24) is 9.97 Å². The van der Waals surface area contributed by atoms with Crippen molar-refractivity contribution in [2.45, 2.75) is 0 Å². The molecule has 3 nitrogen and oxygen atoms in total. The molecule has 1 heterocycles. The molecule has 0 saturated heterocycles. The SMILES string of the molecule is COc1ccc2nc(-c3ccccc3I)[nH]c2c1. The highest BCUT2D eigenvalue weighted by Gasteiger charge is 2.08. The number of rotatable bonds is 2. The molecular weight excluding hydrogens is 339 g/mol.